The summed E-state index contributed by atoms with van der Waals surface area (Å²) in [5, 5.41) is 9.23. The van der Waals surface area contributed by atoms with E-state index in [1.807, 2.05) is 12.3 Å². The van der Waals surface area contributed by atoms with Gasteiger partial charge in [-0.15, -0.1) is 11.3 Å². The number of hydrogen-bond acceptors (Lipinski definition) is 4. The average molecular weight is 253 g/mol. The summed E-state index contributed by atoms with van der Waals surface area (Å²) < 4.78 is 0. The lowest BCUT2D eigenvalue weighted by atomic mass is 10.1. The number of nitrogens with one attached hydrogen (secondary N) is 2. The van der Waals surface area contributed by atoms with Gasteiger partial charge in [-0.2, -0.15) is 0 Å². The Labute approximate surface area is 106 Å². The predicted molar refractivity (Wildman–Crippen MR) is 68.9 cm³/mol. The van der Waals surface area contributed by atoms with E-state index >= 15 is 0 Å². The molecule has 1 amide bonds. The largest absolute Gasteiger partial charge is 0.346 e. The summed E-state index contributed by atoms with van der Waals surface area (Å²) in [5.74, 6) is 0.106. The fourth-order valence-electron chi connectivity index (χ4n) is 2.08. The summed E-state index contributed by atoms with van der Waals surface area (Å²) in [6.45, 7) is 2.93. The highest BCUT2D eigenvalue weighted by Gasteiger charge is 2.21. The molecule has 2 N–H and O–H groups in total. The minimum Gasteiger partial charge on any atom is -0.346 e. The molecule has 2 heterocycles. The van der Waals surface area contributed by atoms with Gasteiger partial charge in [-0.1, -0.05) is 12.8 Å². The van der Waals surface area contributed by atoms with Gasteiger partial charge in [0.1, 0.15) is 5.01 Å². The van der Waals surface area contributed by atoms with Crippen molar-refractivity contribution >= 4 is 17.2 Å². The smallest absolute Gasteiger partial charge is 0.237 e. The summed E-state index contributed by atoms with van der Waals surface area (Å²) in [6.07, 6.45) is 6.24. The predicted octanol–water partition coefficient (Wildman–Crippen LogP) is 1.85. The van der Waals surface area contributed by atoms with E-state index in [1.54, 1.807) is 17.5 Å². The first-order chi connectivity index (χ1) is 8.27. The third-order valence-electron chi connectivity index (χ3n) is 3.06. The Kier molecular flexibility index (Phi) is 4.50. The molecule has 2 unspecified atom stereocenters. The van der Waals surface area contributed by atoms with Gasteiger partial charge in [-0.3, -0.25) is 4.79 Å². The summed E-state index contributed by atoms with van der Waals surface area (Å²) in [7, 11) is 0. The molecule has 0 aliphatic carbocycles. The number of hydrogen-bond donors (Lipinski definition) is 2. The van der Waals surface area contributed by atoms with E-state index in [9.17, 15) is 4.79 Å². The Bertz CT molecular complexity index is 345. The second kappa shape index (κ2) is 6.12. The van der Waals surface area contributed by atoms with Gasteiger partial charge in [0.25, 0.3) is 0 Å². The number of rotatable bonds is 3. The first-order valence-corrected chi connectivity index (χ1v) is 7.08. The number of nitrogens with zero attached hydrogens (tertiary/aromatic N) is 1. The molecule has 0 saturated carbocycles. The molecule has 1 fully saturated rings. The molecular weight excluding hydrogens is 234 g/mol. The molecular formula is C12H19N3OS. The fraction of sp³-hybridized carbons (Fsp3) is 0.667. The molecule has 94 valence electrons. The molecule has 0 aromatic carbocycles. The van der Waals surface area contributed by atoms with Crippen molar-refractivity contribution < 1.29 is 4.79 Å². The Morgan fingerprint density at radius 1 is 1.59 bits per heavy atom. The Hall–Kier alpha value is -0.940. The fourth-order valence-corrected chi connectivity index (χ4v) is 2.72. The van der Waals surface area contributed by atoms with Crippen LogP contribution in [-0.4, -0.2) is 23.5 Å². The summed E-state index contributed by atoms with van der Waals surface area (Å²) >= 11 is 1.58. The number of aromatic nitrogens is 1. The lowest BCUT2D eigenvalue weighted by Crippen LogP contribution is -2.44. The first kappa shape index (κ1) is 12.5. The zero-order valence-electron chi connectivity index (χ0n) is 10.1. The molecule has 2 atom stereocenters. The molecule has 4 nitrogen and oxygen atoms in total. The van der Waals surface area contributed by atoms with Gasteiger partial charge in [-0.05, 0) is 26.3 Å². The van der Waals surface area contributed by atoms with Gasteiger partial charge >= 0.3 is 0 Å². The lowest BCUT2D eigenvalue weighted by Gasteiger charge is -2.18. The van der Waals surface area contributed by atoms with Crippen LogP contribution in [0.1, 0.15) is 43.7 Å². The van der Waals surface area contributed by atoms with E-state index in [0.717, 1.165) is 24.4 Å². The van der Waals surface area contributed by atoms with Crippen LogP contribution in [0.5, 0.6) is 0 Å². The topological polar surface area (TPSA) is 54.0 Å². The van der Waals surface area contributed by atoms with Crippen molar-refractivity contribution in [2.45, 2.75) is 44.7 Å². The van der Waals surface area contributed by atoms with Gasteiger partial charge in [-0.25, -0.2) is 4.98 Å². The maximum Gasteiger partial charge on any atom is 0.237 e. The van der Waals surface area contributed by atoms with Gasteiger partial charge in [0.05, 0.1) is 12.1 Å². The highest BCUT2D eigenvalue weighted by Crippen LogP contribution is 2.15. The van der Waals surface area contributed by atoms with Crippen molar-refractivity contribution in [1.29, 1.82) is 0 Å². The van der Waals surface area contributed by atoms with Crippen LogP contribution in [0.4, 0.5) is 0 Å². The molecule has 1 saturated heterocycles. The van der Waals surface area contributed by atoms with Crippen LogP contribution in [-0.2, 0) is 4.79 Å². The van der Waals surface area contributed by atoms with E-state index in [2.05, 4.69) is 15.6 Å². The summed E-state index contributed by atoms with van der Waals surface area (Å²) in [5.41, 5.74) is 0. The molecule has 0 spiro atoms. The minimum atomic E-state index is -0.0279. The van der Waals surface area contributed by atoms with E-state index in [-0.39, 0.29) is 18.0 Å². The van der Waals surface area contributed by atoms with Crippen molar-refractivity contribution in [1.82, 2.24) is 15.6 Å². The summed E-state index contributed by atoms with van der Waals surface area (Å²) in [4.78, 5) is 16.3. The molecule has 1 aromatic rings. The molecule has 0 bridgehead atoms. The monoisotopic (exact) mass is 253 g/mol. The normalized spacial score (nSPS) is 22.8. The van der Waals surface area contributed by atoms with Crippen molar-refractivity contribution in [3.05, 3.63) is 16.6 Å². The van der Waals surface area contributed by atoms with Crippen LogP contribution >= 0.6 is 11.3 Å². The molecule has 2 rings (SSSR count). The van der Waals surface area contributed by atoms with Gasteiger partial charge in [0, 0.05) is 11.6 Å². The Balaban J connectivity index is 1.87. The molecule has 0 radical (unpaired) electrons. The standard InChI is InChI=1S/C12H19N3OS/c1-9(12-14-7-8-17-12)15-11(16)10-5-3-2-4-6-13-10/h7-10,13H,2-6H2,1H3,(H,15,16). The average Bonchev–Trinajstić information content (AvgIpc) is 2.71. The second-order valence-electron chi connectivity index (χ2n) is 4.46. The zero-order chi connectivity index (χ0) is 12.1. The quantitative estimate of drug-likeness (QED) is 0.864. The number of carbonyl (C=O) groups excluding carboxylic acids is 1. The number of thiazole rings is 1. The van der Waals surface area contributed by atoms with Crippen molar-refractivity contribution in [3.63, 3.8) is 0 Å². The third-order valence-corrected chi connectivity index (χ3v) is 4.02. The van der Waals surface area contributed by atoms with Gasteiger partial charge in [0.15, 0.2) is 0 Å². The van der Waals surface area contributed by atoms with Gasteiger partial charge < -0.3 is 10.6 Å². The maximum absolute atomic E-state index is 12.1. The van der Waals surface area contributed by atoms with Crippen molar-refractivity contribution in [2.75, 3.05) is 6.54 Å². The Morgan fingerprint density at radius 2 is 2.47 bits per heavy atom. The van der Waals surface area contributed by atoms with Crippen LogP contribution in [0.3, 0.4) is 0 Å². The van der Waals surface area contributed by atoms with Crippen LogP contribution in [0.2, 0.25) is 0 Å². The third kappa shape index (κ3) is 3.51. The molecule has 1 aliphatic heterocycles. The Morgan fingerprint density at radius 3 is 3.24 bits per heavy atom. The molecule has 1 aliphatic rings. The second-order valence-corrected chi connectivity index (χ2v) is 5.38. The van der Waals surface area contributed by atoms with E-state index in [1.165, 1.54) is 12.8 Å². The first-order valence-electron chi connectivity index (χ1n) is 6.20. The van der Waals surface area contributed by atoms with Crippen LogP contribution in [0, 0.1) is 0 Å². The minimum absolute atomic E-state index is 0.00699. The van der Waals surface area contributed by atoms with Crippen LogP contribution in [0.25, 0.3) is 0 Å². The highest BCUT2D eigenvalue weighted by atomic mass is 32.1. The van der Waals surface area contributed by atoms with Crippen molar-refractivity contribution in [3.8, 4) is 0 Å². The van der Waals surface area contributed by atoms with Gasteiger partial charge in [0.2, 0.25) is 5.91 Å². The number of carbonyl (C=O) groups is 1. The van der Waals surface area contributed by atoms with Crippen LogP contribution < -0.4 is 10.6 Å². The van der Waals surface area contributed by atoms with Crippen LogP contribution in [0.15, 0.2) is 11.6 Å². The molecule has 5 heteroatoms. The highest BCUT2D eigenvalue weighted by molar-refractivity contribution is 7.09. The van der Waals surface area contributed by atoms with E-state index < -0.39 is 0 Å². The maximum atomic E-state index is 12.1. The van der Waals surface area contributed by atoms with E-state index in [4.69, 9.17) is 0 Å². The zero-order valence-corrected chi connectivity index (χ0v) is 10.9. The van der Waals surface area contributed by atoms with E-state index in [0.29, 0.717) is 0 Å². The number of amides is 1. The molecule has 1 aromatic heterocycles. The SMILES string of the molecule is CC(NC(=O)C1CCCCCN1)c1nccs1. The molecule has 17 heavy (non-hydrogen) atoms. The van der Waals surface area contributed by atoms with Crippen molar-refractivity contribution in [2.24, 2.45) is 0 Å². The lowest BCUT2D eigenvalue weighted by molar-refractivity contribution is -0.123. The summed E-state index contributed by atoms with van der Waals surface area (Å²) in [6, 6.07) is -0.0209.